The average molecular weight is 384 g/mol. The van der Waals surface area contributed by atoms with Gasteiger partial charge in [-0.3, -0.25) is 9.78 Å². The molecule has 0 aliphatic carbocycles. The average Bonchev–Trinajstić information content (AvgIpc) is 3.29. The minimum Gasteiger partial charge on any atom is -0.497 e. The lowest BCUT2D eigenvalue weighted by molar-refractivity contribution is 0.102. The van der Waals surface area contributed by atoms with E-state index in [4.69, 9.17) is 9.15 Å². The van der Waals surface area contributed by atoms with E-state index in [1.165, 1.54) is 0 Å². The van der Waals surface area contributed by atoms with Gasteiger partial charge in [0.15, 0.2) is 0 Å². The van der Waals surface area contributed by atoms with Gasteiger partial charge in [-0.25, -0.2) is 0 Å². The Morgan fingerprint density at radius 3 is 2.55 bits per heavy atom. The molecular weight excluding hydrogens is 364 g/mol. The maximum Gasteiger partial charge on any atom is 0.257 e. The van der Waals surface area contributed by atoms with Crippen LogP contribution in [0.2, 0.25) is 0 Å². The molecule has 0 saturated heterocycles. The van der Waals surface area contributed by atoms with E-state index in [2.05, 4.69) is 16.4 Å². The number of anilines is 1. The van der Waals surface area contributed by atoms with E-state index >= 15 is 0 Å². The molecule has 0 bridgehead atoms. The summed E-state index contributed by atoms with van der Waals surface area (Å²) in [5.74, 6) is 1.15. The predicted octanol–water partition coefficient (Wildman–Crippen LogP) is 5.58. The molecule has 2 aromatic heterocycles. The van der Waals surface area contributed by atoms with Gasteiger partial charge in [-0.15, -0.1) is 0 Å². The Morgan fingerprint density at radius 2 is 1.86 bits per heavy atom. The Kier molecular flexibility index (Phi) is 5.12. The number of aryl methyl sites for hydroxylation is 1. The smallest absolute Gasteiger partial charge is 0.257 e. The monoisotopic (exact) mass is 384 g/mol. The van der Waals surface area contributed by atoms with E-state index in [9.17, 15) is 4.79 Å². The quantitative estimate of drug-likeness (QED) is 0.488. The topological polar surface area (TPSA) is 64.4 Å². The molecular formula is C24H20N2O3. The van der Waals surface area contributed by atoms with Crippen LogP contribution in [0.1, 0.15) is 15.9 Å². The maximum absolute atomic E-state index is 12.8. The van der Waals surface area contributed by atoms with E-state index in [1.54, 1.807) is 43.8 Å². The molecule has 0 saturated carbocycles. The Bertz CT molecular complexity index is 1130. The number of rotatable bonds is 5. The largest absolute Gasteiger partial charge is 0.497 e. The van der Waals surface area contributed by atoms with E-state index in [0.717, 1.165) is 28.1 Å². The summed E-state index contributed by atoms with van der Waals surface area (Å²) in [6.07, 6.45) is 3.20. The first kappa shape index (κ1) is 18.5. The van der Waals surface area contributed by atoms with Gasteiger partial charge in [0.25, 0.3) is 5.91 Å². The summed E-state index contributed by atoms with van der Waals surface area (Å²) in [7, 11) is 1.60. The number of pyridine rings is 1. The lowest BCUT2D eigenvalue weighted by Crippen LogP contribution is -2.12. The Hall–Kier alpha value is -3.86. The fourth-order valence-electron chi connectivity index (χ4n) is 3.11. The minimum atomic E-state index is -0.244. The van der Waals surface area contributed by atoms with E-state index < -0.39 is 0 Å². The third kappa shape index (κ3) is 4.04. The van der Waals surface area contributed by atoms with Crippen molar-refractivity contribution in [2.24, 2.45) is 0 Å². The maximum atomic E-state index is 12.8. The number of methoxy groups -OCH3 is 1. The third-order valence-corrected chi connectivity index (χ3v) is 4.58. The second-order valence-corrected chi connectivity index (χ2v) is 6.65. The third-order valence-electron chi connectivity index (χ3n) is 4.58. The molecule has 1 N–H and O–H groups in total. The molecule has 4 rings (SSSR count). The molecule has 5 heteroatoms. The fourth-order valence-corrected chi connectivity index (χ4v) is 3.11. The number of nitrogens with zero attached hydrogens (tertiary/aromatic N) is 1. The number of carbonyl (C=O) groups is 1. The number of hydrogen-bond acceptors (Lipinski definition) is 4. The molecule has 2 aromatic carbocycles. The molecule has 4 aromatic rings. The van der Waals surface area contributed by atoms with Gasteiger partial charge in [-0.2, -0.15) is 0 Å². The first-order chi connectivity index (χ1) is 14.1. The second-order valence-electron chi connectivity index (χ2n) is 6.65. The molecule has 0 atom stereocenters. The molecule has 29 heavy (non-hydrogen) atoms. The van der Waals surface area contributed by atoms with Gasteiger partial charge in [-0.05, 0) is 55.5 Å². The lowest BCUT2D eigenvalue weighted by atomic mass is 10.0. The number of nitrogens with one attached hydrogen (secondary N) is 1. The van der Waals surface area contributed by atoms with Crippen molar-refractivity contribution in [3.63, 3.8) is 0 Å². The zero-order valence-corrected chi connectivity index (χ0v) is 16.2. The van der Waals surface area contributed by atoms with Gasteiger partial charge >= 0.3 is 0 Å². The highest BCUT2D eigenvalue weighted by Crippen LogP contribution is 2.32. The summed E-state index contributed by atoms with van der Waals surface area (Å²) in [5, 5.41) is 2.89. The van der Waals surface area contributed by atoms with Crippen molar-refractivity contribution >= 4 is 11.6 Å². The molecule has 144 valence electrons. The van der Waals surface area contributed by atoms with Crippen molar-refractivity contribution in [2.45, 2.75) is 6.92 Å². The number of ether oxygens (including phenoxy) is 1. The highest BCUT2D eigenvalue weighted by molar-refractivity contribution is 6.05. The molecule has 0 spiro atoms. The van der Waals surface area contributed by atoms with Crippen LogP contribution >= 0.6 is 0 Å². The second kappa shape index (κ2) is 8.02. The first-order valence-corrected chi connectivity index (χ1v) is 9.20. The molecule has 0 fully saturated rings. The van der Waals surface area contributed by atoms with Crippen molar-refractivity contribution in [1.29, 1.82) is 0 Å². The molecule has 2 heterocycles. The van der Waals surface area contributed by atoms with Crippen LogP contribution in [0, 0.1) is 6.92 Å². The van der Waals surface area contributed by atoms with Crippen LogP contribution in [0.3, 0.4) is 0 Å². The summed E-state index contributed by atoms with van der Waals surface area (Å²) in [5.41, 5.74) is 4.77. The zero-order valence-electron chi connectivity index (χ0n) is 16.2. The van der Waals surface area contributed by atoms with Crippen LogP contribution in [-0.2, 0) is 0 Å². The van der Waals surface area contributed by atoms with Gasteiger partial charge in [0.1, 0.15) is 11.5 Å². The molecule has 1 amide bonds. The highest BCUT2D eigenvalue weighted by Gasteiger charge is 2.16. The summed E-state index contributed by atoms with van der Waals surface area (Å²) in [6, 6.07) is 20.7. The molecule has 0 aliphatic heterocycles. The van der Waals surface area contributed by atoms with Crippen molar-refractivity contribution < 1.29 is 13.9 Å². The van der Waals surface area contributed by atoms with E-state index in [0.29, 0.717) is 17.0 Å². The highest BCUT2D eigenvalue weighted by atomic mass is 16.5. The van der Waals surface area contributed by atoms with Crippen molar-refractivity contribution in [2.75, 3.05) is 12.4 Å². The molecule has 0 aliphatic rings. The van der Waals surface area contributed by atoms with Gasteiger partial charge in [-0.1, -0.05) is 23.8 Å². The van der Waals surface area contributed by atoms with Crippen LogP contribution in [0.15, 0.2) is 83.6 Å². The Labute approximate surface area is 169 Å². The van der Waals surface area contributed by atoms with Crippen molar-refractivity contribution in [3.05, 3.63) is 90.3 Å². The summed E-state index contributed by atoms with van der Waals surface area (Å²) < 4.78 is 10.8. The molecule has 5 nitrogen and oxygen atoms in total. The summed E-state index contributed by atoms with van der Waals surface area (Å²) >= 11 is 0. The number of furan rings is 1. The van der Waals surface area contributed by atoms with Gasteiger partial charge in [0.2, 0.25) is 0 Å². The van der Waals surface area contributed by atoms with Crippen molar-refractivity contribution in [3.8, 4) is 28.3 Å². The van der Waals surface area contributed by atoms with Crippen LogP contribution in [0.25, 0.3) is 22.6 Å². The number of carbonyl (C=O) groups excluding carboxylic acids is 1. The van der Waals surface area contributed by atoms with Crippen LogP contribution in [0.5, 0.6) is 5.75 Å². The van der Waals surface area contributed by atoms with Crippen molar-refractivity contribution in [1.82, 2.24) is 4.98 Å². The predicted molar refractivity (Wildman–Crippen MR) is 113 cm³/mol. The SMILES string of the molecule is COc1ccc(NC(=O)c2cnc(-c3cccc(C)c3)c(-c3ccco3)c2)cc1. The summed E-state index contributed by atoms with van der Waals surface area (Å²) in [6.45, 7) is 2.03. The lowest BCUT2D eigenvalue weighted by Gasteiger charge is -2.11. The molecule has 0 radical (unpaired) electrons. The van der Waals surface area contributed by atoms with E-state index in [-0.39, 0.29) is 5.91 Å². The fraction of sp³-hybridized carbons (Fsp3) is 0.0833. The number of benzene rings is 2. The zero-order chi connectivity index (χ0) is 20.2. The first-order valence-electron chi connectivity index (χ1n) is 9.20. The minimum absolute atomic E-state index is 0.244. The van der Waals surface area contributed by atoms with E-state index in [1.807, 2.05) is 43.3 Å². The van der Waals surface area contributed by atoms with Gasteiger partial charge in [0, 0.05) is 23.0 Å². The standard InChI is InChI=1S/C24H20N2O3/c1-16-5-3-6-17(13-16)23-21(22-7-4-12-29-22)14-18(15-25-23)24(27)26-19-8-10-20(28-2)11-9-19/h3-15H,1-2H3,(H,26,27). The van der Waals surface area contributed by atoms with Crippen LogP contribution < -0.4 is 10.1 Å². The normalized spacial score (nSPS) is 10.6. The Balaban J connectivity index is 1.69. The molecule has 0 unspecified atom stereocenters. The summed E-state index contributed by atoms with van der Waals surface area (Å²) in [4.78, 5) is 17.4. The van der Waals surface area contributed by atoms with Crippen LogP contribution in [-0.4, -0.2) is 18.0 Å². The number of hydrogen-bond donors (Lipinski definition) is 1. The van der Waals surface area contributed by atoms with Gasteiger partial charge in [0.05, 0.1) is 24.6 Å². The number of amides is 1. The van der Waals surface area contributed by atoms with Gasteiger partial charge < -0.3 is 14.5 Å². The van der Waals surface area contributed by atoms with Crippen LogP contribution in [0.4, 0.5) is 5.69 Å². The number of aromatic nitrogens is 1. The Morgan fingerprint density at radius 1 is 1.03 bits per heavy atom.